The number of aliphatic imine (C=N–C) groups is 1. The monoisotopic (exact) mass is 511 g/mol. The van der Waals surface area contributed by atoms with Gasteiger partial charge in [-0.1, -0.05) is 43.3 Å². The lowest BCUT2D eigenvalue weighted by atomic mass is 10.1. The fraction of sp³-hybridized carbons (Fsp3) is 0.476. The summed E-state index contributed by atoms with van der Waals surface area (Å²) in [6, 6.07) is 10.2. The van der Waals surface area contributed by atoms with Gasteiger partial charge in [0, 0.05) is 39.2 Å². The number of nitrogens with one attached hydrogen (secondary N) is 2. The van der Waals surface area contributed by atoms with E-state index >= 15 is 0 Å². The van der Waals surface area contributed by atoms with Gasteiger partial charge >= 0.3 is 0 Å². The second-order valence-corrected chi connectivity index (χ2v) is 7.34. The Labute approximate surface area is 189 Å². The molecule has 2 aromatic rings. The zero-order valence-corrected chi connectivity index (χ0v) is 19.6. The lowest BCUT2D eigenvalue weighted by molar-refractivity contribution is -0.128. The van der Waals surface area contributed by atoms with Crippen molar-refractivity contribution in [3.63, 3.8) is 0 Å². The maximum absolute atomic E-state index is 11.9. The van der Waals surface area contributed by atoms with Crippen molar-refractivity contribution >= 4 is 35.8 Å². The summed E-state index contributed by atoms with van der Waals surface area (Å²) in [5, 5.41) is 10.7. The van der Waals surface area contributed by atoms with Crippen LogP contribution in [0.15, 0.2) is 39.8 Å². The first-order chi connectivity index (χ1) is 13.6. The van der Waals surface area contributed by atoms with Gasteiger partial charge in [0.25, 0.3) is 0 Å². The lowest BCUT2D eigenvalue weighted by Gasteiger charge is -2.19. The largest absolute Gasteiger partial charge is 0.359 e. The SMILES string of the molecule is CN=C(NCc1cc(C(C)C)no1)NCc1ccccc1CN1CCCC1=O.I. The smallest absolute Gasteiger partial charge is 0.222 e. The van der Waals surface area contributed by atoms with E-state index in [-0.39, 0.29) is 29.9 Å². The second kappa shape index (κ2) is 11.2. The Morgan fingerprint density at radius 1 is 1.24 bits per heavy atom. The highest BCUT2D eigenvalue weighted by atomic mass is 127. The van der Waals surface area contributed by atoms with E-state index in [0.29, 0.717) is 37.9 Å². The number of rotatable bonds is 7. The molecule has 0 aliphatic carbocycles. The Balaban J connectivity index is 0.00000300. The topological polar surface area (TPSA) is 82.8 Å². The van der Waals surface area contributed by atoms with E-state index in [9.17, 15) is 4.79 Å². The third-order valence-corrected chi connectivity index (χ3v) is 4.92. The van der Waals surface area contributed by atoms with E-state index in [0.717, 1.165) is 35.5 Å². The maximum atomic E-state index is 11.9. The Bertz CT molecular complexity index is 834. The van der Waals surface area contributed by atoms with Crippen molar-refractivity contribution in [1.82, 2.24) is 20.7 Å². The molecule has 8 heteroatoms. The van der Waals surface area contributed by atoms with Crippen molar-refractivity contribution in [2.75, 3.05) is 13.6 Å². The normalized spacial score (nSPS) is 14.3. The van der Waals surface area contributed by atoms with E-state index in [1.165, 1.54) is 0 Å². The number of hydrogen-bond donors (Lipinski definition) is 2. The molecule has 0 spiro atoms. The molecule has 0 atom stereocenters. The molecule has 29 heavy (non-hydrogen) atoms. The fourth-order valence-electron chi connectivity index (χ4n) is 3.22. The molecule has 0 unspecified atom stereocenters. The molecule has 1 aromatic carbocycles. The van der Waals surface area contributed by atoms with E-state index in [1.807, 2.05) is 23.1 Å². The van der Waals surface area contributed by atoms with Gasteiger partial charge in [0.15, 0.2) is 11.7 Å². The van der Waals surface area contributed by atoms with Crippen LogP contribution in [0.25, 0.3) is 0 Å². The van der Waals surface area contributed by atoms with Gasteiger partial charge in [0.1, 0.15) is 0 Å². The Hall–Kier alpha value is -2.10. The minimum Gasteiger partial charge on any atom is -0.359 e. The van der Waals surface area contributed by atoms with E-state index in [4.69, 9.17) is 4.52 Å². The average molecular weight is 511 g/mol. The minimum atomic E-state index is 0. The van der Waals surface area contributed by atoms with Crippen LogP contribution in [0.2, 0.25) is 0 Å². The van der Waals surface area contributed by atoms with Crippen LogP contribution in [0, 0.1) is 0 Å². The number of nitrogens with zero attached hydrogens (tertiary/aromatic N) is 3. The molecule has 0 saturated carbocycles. The number of amides is 1. The molecule has 2 heterocycles. The van der Waals surface area contributed by atoms with Gasteiger partial charge in [-0.05, 0) is 23.5 Å². The molecule has 0 radical (unpaired) electrons. The Kier molecular flexibility index (Phi) is 8.94. The number of likely N-dealkylation sites (tertiary alicyclic amines) is 1. The zero-order chi connectivity index (χ0) is 19.9. The number of guanidine groups is 1. The summed E-state index contributed by atoms with van der Waals surface area (Å²) in [4.78, 5) is 18.1. The molecule has 1 saturated heterocycles. The average Bonchev–Trinajstić information content (AvgIpc) is 3.32. The van der Waals surface area contributed by atoms with Crippen LogP contribution in [-0.4, -0.2) is 35.5 Å². The van der Waals surface area contributed by atoms with Crippen LogP contribution in [0.5, 0.6) is 0 Å². The number of benzene rings is 1. The van der Waals surface area contributed by atoms with Gasteiger partial charge in [0.2, 0.25) is 5.91 Å². The first-order valence-corrected chi connectivity index (χ1v) is 9.81. The third kappa shape index (κ3) is 6.45. The number of halogens is 1. The molecule has 7 nitrogen and oxygen atoms in total. The molecule has 158 valence electrons. The first-order valence-electron chi connectivity index (χ1n) is 9.81. The number of carbonyl (C=O) groups is 1. The lowest BCUT2D eigenvalue weighted by Crippen LogP contribution is -2.36. The van der Waals surface area contributed by atoms with Crippen molar-refractivity contribution in [1.29, 1.82) is 0 Å². The molecular weight excluding hydrogens is 481 g/mol. The summed E-state index contributed by atoms with van der Waals surface area (Å²) in [6.45, 7) is 6.83. The molecule has 1 aliphatic heterocycles. The summed E-state index contributed by atoms with van der Waals surface area (Å²) in [7, 11) is 1.74. The maximum Gasteiger partial charge on any atom is 0.222 e. The van der Waals surface area contributed by atoms with Gasteiger partial charge in [-0.2, -0.15) is 0 Å². The molecule has 3 rings (SSSR count). The van der Waals surface area contributed by atoms with Crippen LogP contribution in [0.3, 0.4) is 0 Å². The minimum absolute atomic E-state index is 0. The van der Waals surface area contributed by atoms with E-state index in [1.54, 1.807) is 7.05 Å². The highest BCUT2D eigenvalue weighted by molar-refractivity contribution is 14.0. The quantitative estimate of drug-likeness (QED) is 0.338. The fourth-order valence-corrected chi connectivity index (χ4v) is 3.22. The standard InChI is InChI=1S/C21H29N5O2.HI/c1-15(2)19-11-18(28-25-19)13-24-21(22-3)23-12-16-7-4-5-8-17(16)14-26-10-6-9-20(26)27;/h4-5,7-8,11,15H,6,9-10,12-14H2,1-3H3,(H2,22,23,24);1H. The van der Waals surface area contributed by atoms with Crippen molar-refractivity contribution in [2.45, 2.75) is 52.2 Å². The van der Waals surface area contributed by atoms with Gasteiger partial charge in [-0.15, -0.1) is 24.0 Å². The predicted octanol–water partition coefficient (Wildman–Crippen LogP) is 3.40. The first kappa shape index (κ1) is 23.2. The van der Waals surface area contributed by atoms with Crippen LogP contribution in [0.1, 0.15) is 55.2 Å². The van der Waals surface area contributed by atoms with E-state index < -0.39 is 0 Å². The van der Waals surface area contributed by atoms with Crippen molar-refractivity contribution in [2.24, 2.45) is 4.99 Å². The van der Waals surface area contributed by atoms with Gasteiger partial charge in [-0.3, -0.25) is 9.79 Å². The van der Waals surface area contributed by atoms with Crippen molar-refractivity contribution in [3.8, 4) is 0 Å². The number of aromatic nitrogens is 1. The van der Waals surface area contributed by atoms with Crippen molar-refractivity contribution < 1.29 is 9.32 Å². The molecular formula is C21H30IN5O2. The summed E-state index contributed by atoms with van der Waals surface area (Å²) in [5.41, 5.74) is 3.27. The predicted molar refractivity (Wildman–Crippen MR) is 124 cm³/mol. The van der Waals surface area contributed by atoms with Crippen LogP contribution < -0.4 is 10.6 Å². The molecule has 2 N–H and O–H groups in total. The Morgan fingerprint density at radius 2 is 1.97 bits per heavy atom. The summed E-state index contributed by atoms with van der Waals surface area (Å²) < 4.78 is 5.35. The Morgan fingerprint density at radius 3 is 2.59 bits per heavy atom. The molecule has 1 aromatic heterocycles. The van der Waals surface area contributed by atoms with Crippen LogP contribution in [0.4, 0.5) is 0 Å². The van der Waals surface area contributed by atoms with E-state index in [2.05, 4.69) is 46.8 Å². The molecule has 1 aliphatic rings. The van der Waals surface area contributed by atoms with Gasteiger partial charge in [-0.25, -0.2) is 0 Å². The summed E-state index contributed by atoms with van der Waals surface area (Å²) >= 11 is 0. The third-order valence-electron chi connectivity index (χ3n) is 4.92. The zero-order valence-electron chi connectivity index (χ0n) is 17.3. The van der Waals surface area contributed by atoms with Gasteiger partial charge in [0.05, 0.1) is 12.2 Å². The second-order valence-electron chi connectivity index (χ2n) is 7.34. The van der Waals surface area contributed by atoms with Gasteiger partial charge < -0.3 is 20.1 Å². The molecule has 1 amide bonds. The number of hydrogen-bond acceptors (Lipinski definition) is 4. The van der Waals surface area contributed by atoms with Crippen LogP contribution in [-0.2, 0) is 24.4 Å². The molecule has 0 bridgehead atoms. The summed E-state index contributed by atoms with van der Waals surface area (Å²) in [6.07, 6.45) is 1.62. The highest BCUT2D eigenvalue weighted by Crippen LogP contribution is 2.17. The van der Waals surface area contributed by atoms with Crippen LogP contribution >= 0.6 is 24.0 Å². The molecule has 1 fully saturated rings. The summed E-state index contributed by atoms with van der Waals surface area (Å²) in [5.74, 6) is 2.05. The van der Waals surface area contributed by atoms with Crippen molar-refractivity contribution in [3.05, 3.63) is 52.9 Å². The number of carbonyl (C=O) groups excluding carboxylic acids is 1. The highest BCUT2D eigenvalue weighted by Gasteiger charge is 2.20.